The fraction of sp³-hybridized carbons (Fsp3) is 1.00. The van der Waals surface area contributed by atoms with Crippen LogP contribution in [0.1, 0.15) is 105 Å². The van der Waals surface area contributed by atoms with E-state index in [-0.39, 0.29) is 6.10 Å². The molecule has 4 aliphatic rings. The van der Waals surface area contributed by atoms with E-state index >= 15 is 0 Å². The first-order chi connectivity index (χ1) is 14.0. The number of hydrogen-bond donors (Lipinski definition) is 3. The van der Waals surface area contributed by atoms with Crippen LogP contribution in [0, 0.1) is 46.3 Å². The van der Waals surface area contributed by atoms with Gasteiger partial charge in [-0.05, 0) is 131 Å². The van der Waals surface area contributed by atoms with Crippen molar-refractivity contribution in [3.63, 3.8) is 0 Å². The molecule has 4 rings (SSSR count). The molecule has 0 radical (unpaired) electrons. The fourth-order valence-corrected chi connectivity index (χ4v) is 9.19. The first-order valence-corrected chi connectivity index (χ1v) is 13.1. The standard InChI is InChI=1S/C27H48O3/c1-17(6-11-24(29)25(2,3)30)21-9-10-22-20-8-7-18-16-19(28)12-14-26(18,4)23(20)13-15-27(21,22)5/h17-24,28-30H,6-16H2,1-5H3/t17-,18-,19-,20+,21-,22+,23+,24?,26+,27-/m1/s1. The third-order valence-electron chi connectivity index (χ3n) is 11.1. The summed E-state index contributed by atoms with van der Waals surface area (Å²) in [4.78, 5) is 0. The molecule has 0 spiro atoms. The fourth-order valence-electron chi connectivity index (χ4n) is 9.19. The zero-order valence-corrected chi connectivity index (χ0v) is 20.2. The Hall–Kier alpha value is -0.120. The molecule has 3 N–H and O–H groups in total. The van der Waals surface area contributed by atoms with Gasteiger partial charge in [0.25, 0.3) is 0 Å². The van der Waals surface area contributed by atoms with E-state index in [1.807, 2.05) is 0 Å². The summed E-state index contributed by atoms with van der Waals surface area (Å²) in [5, 5.41) is 30.7. The maximum atomic E-state index is 10.3. The van der Waals surface area contributed by atoms with Crippen molar-refractivity contribution >= 4 is 0 Å². The molecular weight excluding hydrogens is 372 g/mol. The quantitative estimate of drug-likeness (QED) is 0.546. The van der Waals surface area contributed by atoms with Crippen LogP contribution in [0.2, 0.25) is 0 Å². The summed E-state index contributed by atoms with van der Waals surface area (Å²) in [6.45, 7) is 11.0. The van der Waals surface area contributed by atoms with Crippen molar-refractivity contribution in [3.8, 4) is 0 Å². The first kappa shape index (κ1) is 23.1. The van der Waals surface area contributed by atoms with Gasteiger partial charge >= 0.3 is 0 Å². The number of rotatable bonds is 5. The van der Waals surface area contributed by atoms with Crippen LogP contribution in [0.5, 0.6) is 0 Å². The van der Waals surface area contributed by atoms with Gasteiger partial charge in [-0.2, -0.15) is 0 Å². The van der Waals surface area contributed by atoms with Crippen molar-refractivity contribution in [2.24, 2.45) is 46.3 Å². The summed E-state index contributed by atoms with van der Waals surface area (Å²) in [6, 6.07) is 0. The van der Waals surface area contributed by atoms with Gasteiger partial charge in [0, 0.05) is 0 Å². The Balaban J connectivity index is 1.45. The summed E-state index contributed by atoms with van der Waals surface area (Å²) >= 11 is 0. The number of aliphatic hydroxyl groups is 3. The average Bonchev–Trinajstić information content (AvgIpc) is 3.03. The molecular formula is C27H48O3. The van der Waals surface area contributed by atoms with Crippen molar-refractivity contribution in [2.75, 3.05) is 0 Å². The maximum Gasteiger partial charge on any atom is 0.0849 e. The minimum absolute atomic E-state index is 0.0514. The highest BCUT2D eigenvalue weighted by Gasteiger charge is 2.60. The van der Waals surface area contributed by atoms with E-state index < -0.39 is 11.7 Å². The van der Waals surface area contributed by atoms with Crippen molar-refractivity contribution in [1.29, 1.82) is 0 Å². The summed E-state index contributed by atoms with van der Waals surface area (Å²) in [6.07, 6.45) is 12.6. The van der Waals surface area contributed by atoms with Crippen molar-refractivity contribution in [1.82, 2.24) is 0 Å². The van der Waals surface area contributed by atoms with Crippen molar-refractivity contribution in [3.05, 3.63) is 0 Å². The van der Waals surface area contributed by atoms with Crippen LogP contribution in [0.3, 0.4) is 0 Å². The highest BCUT2D eigenvalue weighted by atomic mass is 16.3. The van der Waals surface area contributed by atoms with E-state index in [4.69, 9.17) is 0 Å². The van der Waals surface area contributed by atoms with Gasteiger partial charge in [0.1, 0.15) is 0 Å². The lowest BCUT2D eigenvalue weighted by Gasteiger charge is -2.61. The van der Waals surface area contributed by atoms with E-state index in [1.165, 1.54) is 44.9 Å². The Kier molecular flexibility index (Phi) is 6.17. The Labute approximate surface area is 185 Å². The van der Waals surface area contributed by atoms with E-state index in [0.717, 1.165) is 48.9 Å². The van der Waals surface area contributed by atoms with Crippen LogP contribution in [0.15, 0.2) is 0 Å². The third kappa shape index (κ3) is 3.79. The summed E-state index contributed by atoms with van der Waals surface area (Å²) in [5.41, 5.74) is -0.0802. The molecule has 0 saturated heterocycles. The molecule has 0 aromatic heterocycles. The lowest BCUT2D eigenvalue weighted by atomic mass is 9.44. The zero-order chi connectivity index (χ0) is 21.9. The molecule has 3 heteroatoms. The minimum Gasteiger partial charge on any atom is -0.393 e. The lowest BCUT2D eigenvalue weighted by Crippen LogP contribution is -2.54. The van der Waals surface area contributed by atoms with E-state index in [0.29, 0.717) is 23.2 Å². The highest BCUT2D eigenvalue weighted by Crippen LogP contribution is 2.68. The molecule has 10 atom stereocenters. The van der Waals surface area contributed by atoms with Gasteiger partial charge in [0.2, 0.25) is 0 Å². The van der Waals surface area contributed by atoms with Gasteiger partial charge in [-0.25, -0.2) is 0 Å². The molecule has 0 amide bonds. The largest absolute Gasteiger partial charge is 0.393 e. The first-order valence-electron chi connectivity index (χ1n) is 13.1. The lowest BCUT2D eigenvalue weighted by molar-refractivity contribution is -0.129. The predicted octanol–water partition coefficient (Wildman–Crippen LogP) is 5.55. The van der Waals surface area contributed by atoms with Crippen LogP contribution >= 0.6 is 0 Å². The van der Waals surface area contributed by atoms with Crippen molar-refractivity contribution in [2.45, 2.75) is 123 Å². The Morgan fingerprint density at radius 1 is 0.900 bits per heavy atom. The van der Waals surface area contributed by atoms with Gasteiger partial charge in [0.05, 0.1) is 17.8 Å². The van der Waals surface area contributed by atoms with E-state index in [2.05, 4.69) is 20.8 Å². The number of hydrogen-bond acceptors (Lipinski definition) is 3. The van der Waals surface area contributed by atoms with Gasteiger partial charge < -0.3 is 15.3 Å². The smallest absolute Gasteiger partial charge is 0.0849 e. The summed E-state index contributed by atoms with van der Waals surface area (Å²) in [7, 11) is 0. The normalized spacial score (nSPS) is 48.4. The summed E-state index contributed by atoms with van der Waals surface area (Å²) < 4.78 is 0. The SMILES string of the molecule is C[C@H](CCC(O)C(C)(C)O)[C@H]1CC[C@H]2[C@@H]3CC[C@@H]4C[C@H](O)CC[C@]4(C)[C@H]3CC[C@]12C. The van der Waals surface area contributed by atoms with E-state index in [1.54, 1.807) is 13.8 Å². The average molecular weight is 421 g/mol. The number of aliphatic hydroxyl groups excluding tert-OH is 2. The minimum atomic E-state index is -0.998. The molecule has 4 fully saturated rings. The Bertz CT molecular complexity index is 612. The topological polar surface area (TPSA) is 60.7 Å². The van der Waals surface area contributed by atoms with Crippen LogP contribution in [0.25, 0.3) is 0 Å². The third-order valence-corrected chi connectivity index (χ3v) is 11.1. The highest BCUT2D eigenvalue weighted by molar-refractivity contribution is 5.09. The molecule has 0 bridgehead atoms. The van der Waals surface area contributed by atoms with Gasteiger partial charge in [-0.15, -0.1) is 0 Å². The molecule has 0 aromatic rings. The van der Waals surface area contributed by atoms with Crippen LogP contribution in [-0.2, 0) is 0 Å². The van der Waals surface area contributed by atoms with Crippen LogP contribution in [0.4, 0.5) is 0 Å². The molecule has 1 unspecified atom stereocenters. The van der Waals surface area contributed by atoms with Gasteiger partial charge in [-0.3, -0.25) is 0 Å². The molecule has 4 aliphatic carbocycles. The number of fused-ring (bicyclic) bond motifs is 5. The Morgan fingerprint density at radius 3 is 2.27 bits per heavy atom. The molecule has 4 saturated carbocycles. The Morgan fingerprint density at radius 2 is 1.57 bits per heavy atom. The van der Waals surface area contributed by atoms with Gasteiger partial charge in [-0.1, -0.05) is 20.8 Å². The molecule has 3 nitrogen and oxygen atoms in total. The zero-order valence-electron chi connectivity index (χ0n) is 20.2. The van der Waals surface area contributed by atoms with Crippen LogP contribution < -0.4 is 0 Å². The molecule has 0 heterocycles. The second-order valence-electron chi connectivity index (χ2n) is 13.0. The summed E-state index contributed by atoms with van der Waals surface area (Å²) in [5.74, 6) is 4.74. The molecule has 30 heavy (non-hydrogen) atoms. The van der Waals surface area contributed by atoms with E-state index in [9.17, 15) is 15.3 Å². The second-order valence-corrected chi connectivity index (χ2v) is 13.0. The van der Waals surface area contributed by atoms with Crippen LogP contribution in [-0.4, -0.2) is 33.1 Å². The molecule has 0 aliphatic heterocycles. The monoisotopic (exact) mass is 420 g/mol. The maximum absolute atomic E-state index is 10.3. The second kappa shape index (κ2) is 8.03. The molecule has 0 aromatic carbocycles. The van der Waals surface area contributed by atoms with Gasteiger partial charge in [0.15, 0.2) is 0 Å². The predicted molar refractivity (Wildman–Crippen MR) is 122 cm³/mol. The molecule has 174 valence electrons. The van der Waals surface area contributed by atoms with Crippen molar-refractivity contribution < 1.29 is 15.3 Å².